The van der Waals surface area contributed by atoms with E-state index >= 15 is 0 Å². The second-order valence-electron chi connectivity index (χ2n) is 6.65. The number of hydrogen-bond donors (Lipinski definition) is 1. The van der Waals surface area contributed by atoms with Crippen molar-refractivity contribution in [3.63, 3.8) is 0 Å². The molecule has 1 aromatic carbocycles. The lowest BCUT2D eigenvalue weighted by atomic mass is 9.93. The van der Waals surface area contributed by atoms with Gasteiger partial charge in [0.1, 0.15) is 6.10 Å². The Labute approximate surface area is 161 Å². The van der Waals surface area contributed by atoms with Crippen LogP contribution >= 0.6 is 22.9 Å². The minimum atomic E-state index is -0.202. The van der Waals surface area contributed by atoms with Crippen LogP contribution in [0.3, 0.4) is 0 Å². The number of ether oxygens (including phenoxy) is 1. The van der Waals surface area contributed by atoms with Gasteiger partial charge in [0, 0.05) is 24.5 Å². The number of halogens is 1. The Morgan fingerprint density at radius 1 is 1.38 bits per heavy atom. The molecule has 136 valence electrons. The first-order valence-corrected chi connectivity index (χ1v) is 9.93. The first-order valence-electron chi connectivity index (χ1n) is 8.67. The van der Waals surface area contributed by atoms with Crippen molar-refractivity contribution in [3.05, 3.63) is 58.3 Å². The van der Waals surface area contributed by atoms with Crippen LogP contribution in [0.25, 0.3) is 4.96 Å². The standard InChI is InChI=1S/C19H20ClN3O2S/c1-12(24)21-14-10-15(9-13-5-3-2-4-6-13)25-16(11-14)17-18(20)22-19-23(17)7-8-26-19/h2-8,14-16H,9-11H2,1H3,(H,21,24)/t14-,15+,16+/m1/s1. The van der Waals surface area contributed by atoms with Crippen LogP contribution < -0.4 is 5.32 Å². The van der Waals surface area contributed by atoms with Gasteiger partial charge in [0.15, 0.2) is 10.1 Å². The minimum absolute atomic E-state index is 0.00764. The molecule has 1 saturated heterocycles. The Balaban J connectivity index is 1.61. The summed E-state index contributed by atoms with van der Waals surface area (Å²) in [6.45, 7) is 1.56. The zero-order valence-electron chi connectivity index (χ0n) is 14.4. The quantitative estimate of drug-likeness (QED) is 0.733. The van der Waals surface area contributed by atoms with Crippen molar-refractivity contribution in [2.24, 2.45) is 0 Å². The summed E-state index contributed by atoms with van der Waals surface area (Å²) in [7, 11) is 0. The fourth-order valence-electron chi connectivity index (χ4n) is 3.67. The maximum atomic E-state index is 11.6. The number of carbonyl (C=O) groups is 1. The van der Waals surface area contributed by atoms with E-state index in [9.17, 15) is 4.79 Å². The van der Waals surface area contributed by atoms with Gasteiger partial charge in [-0.05, 0) is 24.8 Å². The SMILES string of the molecule is CC(=O)N[C@@H]1C[C@H](Cc2ccccc2)O[C@H](c2c(Cl)nc3sccn23)C1. The molecule has 3 aromatic rings. The van der Waals surface area contributed by atoms with E-state index in [1.165, 1.54) is 5.56 Å². The summed E-state index contributed by atoms with van der Waals surface area (Å²) in [4.78, 5) is 16.9. The molecular formula is C19H20ClN3O2S. The van der Waals surface area contributed by atoms with Gasteiger partial charge in [-0.1, -0.05) is 41.9 Å². The molecule has 0 unspecified atom stereocenters. The van der Waals surface area contributed by atoms with Crippen molar-refractivity contribution in [2.45, 2.75) is 44.4 Å². The van der Waals surface area contributed by atoms with Gasteiger partial charge >= 0.3 is 0 Å². The molecular weight excluding hydrogens is 370 g/mol. The molecule has 0 spiro atoms. The van der Waals surface area contributed by atoms with Crippen LogP contribution in [-0.4, -0.2) is 27.4 Å². The second kappa shape index (κ2) is 7.39. The first kappa shape index (κ1) is 17.5. The number of aromatic nitrogens is 2. The molecule has 1 aliphatic heterocycles. The molecule has 7 heteroatoms. The highest BCUT2D eigenvalue weighted by atomic mass is 35.5. The Morgan fingerprint density at radius 3 is 2.96 bits per heavy atom. The highest BCUT2D eigenvalue weighted by Crippen LogP contribution is 2.37. The lowest BCUT2D eigenvalue weighted by Gasteiger charge is -2.35. The third-order valence-corrected chi connectivity index (χ3v) is 5.71. The number of fused-ring (bicyclic) bond motifs is 1. The fraction of sp³-hybridized carbons (Fsp3) is 0.368. The van der Waals surface area contributed by atoms with E-state index in [4.69, 9.17) is 16.3 Å². The molecule has 3 atom stereocenters. The molecule has 1 N–H and O–H groups in total. The largest absolute Gasteiger partial charge is 0.368 e. The molecule has 0 saturated carbocycles. The summed E-state index contributed by atoms with van der Waals surface area (Å²) in [5.74, 6) is -0.0193. The van der Waals surface area contributed by atoms with Crippen molar-refractivity contribution in [3.8, 4) is 0 Å². The van der Waals surface area contributed by atoms with Gasteiger partial charge in [0.05, 0.1) is 11.8 Å². The molecule has 1 aliphatic rings. The Hall–Kier alpha value is -1.89. The Morgan fingerprint density at radius 2 is 2.19 bits per heavy atom. The predicted molar refractivity (Wildman–Crippen MR) is 103 cm³/mol. The van der Waals surface area contributed by atoms with Gasteiger partial charge in [-0.15, -0.1) is 11.3 Å². The van der Waals surface area contributed by atoms with Crippen LogP contribution in [-0.2, 0) is 16.0 Å². The molecule has 26 heavy (non-hydrogen) atoms. The molecule has 5 nitrogen and oxygen atoms in total. The van der Waals surface area contributed by atoms with Crippen LogP contribution in [0.1, 0.15) is 37.1 Å². The zero-order valence-corrected chi connectivity index (χ0v) is 16.0. The average molecular weight is 390 g/mol. The van der Waals surface area contributed by atoms with Gasteiger partial charge in [-0.3, -0.25) is 9.20 Å². The van der Waals surface area contributed by atoms with E-state index in [1.54, 1.807) is 18.3 Å². The second-order valence-corrected chi connectivity index (χ2v) is 7.88. The maximum Gasteiger partial charge on any atom is 0.217 e. The van der Waals surface area contributed by atoms with E-state index in [-0.39, 0.29) is 24.2 Å². The Bertz CT molecular complexity index is 908. The molecule has 1 fully saturated rings. The summed E-state index contributed by atoms with van der Waals surface area (Å²) in [5, 5.41) is 5.52. The molecule has 3 heterocycles. The number of imidazole rings is 1. The van der Waals surface area contributed by atoms with E-state index < -0.39 is 0 Å². The first-order chi connectivity index (χ1) is 12.6. The lowest BCUT2D eigenvalue weighted by molar-refractivity contribution is -0.122. The van der Waals surface area contributed by atoms with Crippen molar-refractivity contribution in [2.75, 3.05) is 0 Å². The molecule has 1 amide bonds. The summed E-state index contributed by atoms with van der Waals surface area (Å²) in [6, 6.07) is 10.3. The van der Waals surface area contributed by atoms with Gasteiger partial charge in [0.25, 0.3) is 0 Å². The summed E-state index contributed by atoms with van der Waals surface area (Å²) in [5.41, 5.74) is 2.09. The molecule has 4 rings (SSSR count). The van der Waals surface area contributed by atoms with E-state index in [0.29, 0.717) is 11.6 Å². The number of hydrogen-bond acceptors (Lipinski definition) is 4. The van der Waals surface area contributed by atoms with E-state index in [2.05, 4.69) is 22.4 Å². The van der Waals surface area contributed by atoms with Crippen LogP contribution in [0.15, 0.2) is 41.9 Å². The maximum absolute atomic E-state index is 11.6. The highest BCUT2D eigenvalue weighted by molar-refractivity contribution is 7.15. The van der Waals surface area contributed by atoms with Gasteiger partial charge in [-0.25, -0.2) is 4.98 Å². The fourth-order valence-corrected chi connectivity index (χ4v) is 4.73. The number of nitrogens with one attached hydrogen (secondary N) is 1. The number of nitrogens with zero attached hydrogens (tertiary/aromatic N) is 2. The van der Waals surface area contributed by atoms with Crippen molar-refractivity contribution >= 4 is 33.8 Å². The zero-order chi connectivity index (χ0) is 18.1. The van der Waals surface area contributed by atoms with Crippen LogP contribution in [0.4, 0.5) is 0 Å². The highest BCUT2D eigenvalue weighted by Gasteiger charge is 2.34. The van der Waals surface area contributed by atoms with Crippen molar-refractivity contribution in [1.82, 2.24) is 14.7 Å². The summed E-state index contributed by atoms with van der Waals surface area (Å²) in [6.07, 6.45) is 4.05. The van der Waals surface area contributed by atoms with Crippen molar-refractivity contribution < 1.29 is 9.53 Å². The van der Waals surface area contributed by atoms with E-state index in [1.807, 2.05) is 34.2 Å². The third-order valence-electron chi connectivity index (χ3n) is 4.68. The average Bonchev–Trinajstić information content (AvgIpc) is 3.14. The molecule has 0 bridgehead atoms. The topological polar surface area (TPSA) is 55.6 Å². The monoisotopic (exact) mass is 389 g/mol. The summed E-state index contributed by atoms with van der Waals surface area (Å²) >= 11 is 7.95. The number of thiazole rings is 1. The molecule has 0 radical (unpaired) electrons. The van der Waals surface area contributed by atoms with E-state index in [0.717, 1.165) is 23.5 Å². The van der Waals surface area contributed by atoms with Crippen molar-refractivity contribution in [1.29, 1.82) is 0 Å². The lowest BCUT2D eigenvalue weighted by Crippen LogP contribution is -2.43. The molecule has 2 aromatic heterocycles. The number of benzene rings is 1. The van der Waals surface area contributed by atoms with Crippen LogP contribution in [0.5, 0.6) is 0 Å². The molecule has 0 aliphatic carbocycles. The van der Waals surface area contributed by atoms with Crippen LogP contribution in [0.2, 0.25) is 5.15 Å². The minimum Gasteiger partial charge on any atom is -0.368 e. The predicted octanol–water partition coefficient (Wildman–Crippen LogP) is 4.02. The third kappa shape index (κ3) is 3.63. The smallest absolute Gasteiger partial charge is 0.217 e. The normalized spacial score (nSPS) is 23.2. The van der Waals surface area contributed by atoms with Gasteiger partial charge < -0.3 is 10.1 Å². The Kier molecular flexibility index (Phi) is 4.98. The van der Waals surface area contributed by atoms with Gasteiger partial charge in [-0.2, -0.15) is 0 Å². The van der Waals surface area contributed by atoms with Crippen LogP contribution in [0, 0.1) is 0 Å². The van der Waals surface area contributed by atoms with Gasteiger partial charge in [0.2, 0.25) is 5.91 Å². The number of carbonyl (C=O) groups excluding carboxylic acids is 1. The number of rotatable bonds is 4. The number of amides is 1. The summed E-state index contributed by atoms with van der Waals surface area (Å²) < 4.78 is 8.41.